The Kier molecular flexibility index (Phi) is 21.5. The van der Waals surface area contributed by atoms with Gasteiger partial charge in [0.05, 0.1) is 19.1 Å². The molecular formula is C25H44O4. The van der Waals surface area contributed by atoms with Crippen molar-refractivity contribution in [3.63, 3.8) is 0 Å². The summed E-state index contributed by atoms with van der Waals surface area (Å²) in [5.74, 6) is -1.46. The van der Waals surface area contributed by atoms with Crippen molar-refractivity contribution in [2.75, 3.05) is 0 Å². The first-order chi connectivity index (χ1) is 14.2. The van der Waals surface area contributed by atoms with Gasteiger partial charge in [0.2, 0.25) is 0 Å². The molecule has 0 saturated heterocycles. The second kappa shape index (κ2) is 22.7. The smallest absolute Gasteiger partial charge is 0.311 e. The number of aliphatic carboxylic acids is 1. The normalized spacial score (nSPS) is 11.0. The minimum absolute atomic E-state index is 0.0733. The zero-order valence-corrected chi connectivity index (χ0v) is 18.5. The molecule has 0 aromatic heterocycles. The number of carbonyl (C=O) groups excluding carboxylic acids is 1. The highest BCUT2D eigenvalue weighted by Crippen LogP contribution is 2.14. The van der Waals surface area contributed by atoms with Crippen LogP contribution in [0, 0.1) is 0 Å². The molecule has 0 aliphatic carbocycles. The molecule has 0 radical (unpaired) electrons. The summed E-state index contributed by atoms with van der Waals surface area (Å²) in [5, 5.41) is 8.47. The van der Waals surface area contributed by atoms with Gasteiger partial charge in [0.15, 0.2) is 0 Å². The van der Waals surface area contributed by atoms with Crippen LogP contribution < -0.4 is 0 Å². The highest BCUT2D eigenvalue weighted by Gasteiger charge is 2.04. The molecule has 29 heavy (non-hydrogen) atoms. The van der Waals surface area contributed by atoms with Gasteiger partial charge in [0, 0.05) is 0 Å². The lowest BCUT2D eigenvalue weighted by molar-refractivity contribution is -0.144. The van der Waals surface area contributed by atoms with E-state index in [1.54, 1.807) is 0 Å². The lowest BCUT2D eigenvalue weighted by Crippen LogP contribution is -2.03. The molecule has 0 aromatic rings. The van der Waals surface area contributed by atoms with Crippen molar-refractivity contribution in [3.8, 4) is 0 Å². The van der Waals surface area contributed by atoms with E-state index >= 15 is 0 Å². The predicted molar refractivity (Wildman–Crippen MR) is 121 cm³/mol. The van der Waals surface area contributed by atoms with E-state index in [2.05, 4.69) is 6.58 Å². The number of hydrogen-bond donors (Lipinski definition) is 1. The molecule has 0 aliphatic heterocycles. The van der Waals surface area contributed by atoms with E-state index in [1.807, 2.05) is 12.2 Å². The van der Waals surface area contributed by atoms with Crippen LogP contribution in [-0.4, -0.2) is 17.0 Å². The van der Waals surface area contributed by atoms with Crippen LogP contribution in [0.4, 0.5) is 0 Å². The molecule has 1 N–H and O–H groups in total. The van der Waals surface area contributed by atoms with E-state index in [1.165, 1.54) is 103 Å². The molecule has 0 fully saturated rings. The fourth-order valence-electron chi connectivity index (χ4n) is 3.31. The maximum Gasteiger partial charge on any atom is 0.311 e. The van der Waals surface area contributed by atoms with Gasteiger partial charge < -0.3 is 9.84 Å². The molecule has 168 valence electrons. The Labute approximate surface area is 178 Å². The zero-order chi connectivity index (χ0) is 21.4. The number of esters is 1. The van der Waals surface area contributed by atoms with Crippen LogP contribution in [0.3, 0.4) is 0 Å². The fourth-order valence-corrected chi connectivity index (χ4v) is 3.31. The fraction of sp³-hybridized carbons (Fsp3) is 0.760. The maximum absolute atomic E-state index is 11.2. The van der Waals surface area contributed by atoms with Gasteiger partial charge in [0.1, 0.15) is 0 Å². The summed E-state index contributed by atoms with van der Waals surface area (Å²) in [5.41, 5.74) is 0. The van der Waals surface area contributed by atoms with Gasteiger partial charge >= 0.3 is 11.9 Å². The molecule has 0 atom stereocenters. The third-order valence-electron chi connectivity index (χ3n) is 5.12. The number of carboxylic acid groups (broad SMARTS) is 1. The van der Waals surface area contributed by atoms with Gasteiger partial charge in [-0.2, -0.15) is 0 Å². The summed E-state index contributed by atoms with van der Waals surface area (Å²) in [6.45, 7) is 3.76. The lowest BCUT2D eigenvalue weighted by atomic mass is 10.0. The first-order valence-corrected chi connectivity index (χ1v) is 11.8. The van der Waals surface area contributed by atoms with Gasteiger partial charge in [-0.1, -0.05) is 89.5 Å². The summed E-state index contributed by atoms with van der Waals surface area (Å²) >= 11 is 0. The third kappa shape index (κ3) is 24.4. The molecule has 0 bridgehead atoms. The Hall–Kier alpha value is -1.58. The molecule has 0 amide bonds. The molecule has 0 aromatic carbocycles. The monoisotopic (exact) mass is 408 g/mol. The number of carboxylic acids is 1. The Morgan fingerprint density at radius 1 is 0.655 bits per heavy atom. The van der Waals surface area contributed by atoms with Crippen LogP contribution in [0.15, 0.2) is 25.0 Å². The van der Waals surface area contributed by atoms with Gasteiger partial charge in [-0.05, 0) is 31.8 Å². The minimum Gasteiger partial charge on any atom is -0.481 e. The van der Waals surface area contributed by atoms with Crippen molar-refractivity contribution >= 4 is 11.9 Å². The van der Waals surface area contributed by atoms with Gasteiger partial charge in [-0.3, -0.25) is 9.59 Å². The number of unbranched alkanes of at least 4 members (excludes halogenated alkanes) is 16. The summed E-state index contributed by atoms with van der Waals surface area (Å²) in [4.78, 5) is 21.5. The topological polar surface area (TPSA) is 63.6 Å². The molecule has 4 heteroatoms. The number of carbonyl (C=O) groups is 2. The molecule has 4 nitrogen and oxygen atoms in total. The number of hydrogen-bond acceptors (Lipinski definition) is 3. The highest BCUT2D eigenvalue weighted by molar-refractivity contribution is 5.76. The number of ether oxygens (including phenoxy) is 1. The Morgan fingerprint density at radius 3 is 1.48 bits per heavy atom. The molecule has 0 aliphatic rings. The van der Waals surface area contributed by atoms with Crippen molar-refractivity contribution in [2.24, 2.45) is 0 Å². The third-order valence-corrected chi connectivity index (χ3v) is 5.12. The standard InChI is InChI=1S/C25H44O4/c1-2-3-4-5-6-7-8-9-10-11-12-13-14-15-16-17-18-19-20-23-29-25(28)22-21-24(26)27/h2,20,23H,1,3-19,21-22H2,(H,26,27). The minimum atomic E-state index is -0.980. The van der Waals surface area contributed by atoms with E-state index in [0.29, 0.717) is 0 Å². The first kappa shape index (κ1) is 27.4. The second-order valence-corrected chi connectivity index (χ2v) is 7.92. The Bertz CT molecular complexity index is 429. The van der Waals surface area contributed by atoms with Gasteiger partial charge in [-0.25, -0.2) is 0 Å². The molecule has 0 heterocycles. The van der Waals surface area contributed by atoms with Crippen molar-refractivity contribution in [2.45, 2.75) is 122 Å². The number of allylic oxidation sites excluding steroid dienone is 2. The van der Waals surface area contributed by atoms with Crippen LogP contribution in [-0.2, 0) is 14.3 Å². The summed E-state index contributed by atoms with van der Waals surface area (Å²) in [7, 11) is 0. The number of rotatable bonds is 22. The molecule has 0 spiro atoms. The summed E-state index contributed by atoms with van der Waals surface area (Å²) in [6.07, 6.45) is 27.2. The summed E-state index contributed by atoms with van der Waals surface area (Å²) < 4.78 is 4.84. The molecule has 0 saturated carbocycles. The van der Waals surface area contributed by atoms with Crippen molar-refractivity contribution in [3.05, 3.63) is 25.0 Å². The zero-order valence-electron chi connectivity index (χ0n) is 18.5. The largest absolute Gasteiger partial charge is 0.481 e. The van der Waals surface area contributed by atoms with E-state index in [-0.39, 0.29) is 12.8 Å². The quantitative estimate of drug-likeness (QED) is 0.0861. The summed E-state index contributed by atoms with van der Waals surface area (Å²) in [6, 6.07) is 0. The van der Waals surface area contributed by atoms with Crippen LogP contribution in [0.2, 0.25) is 0 Å². The molecular weight excluding hydrogens is 364 g/mol. The highest BCUT2D eigenvalue weighted by atomic mass is 16.5. The first-order valence-electron chi connectivity index (χ1n) is 11.8. The van der Waals surface area contributed by atoms with Crippen molar-refractivity contribution in [1.29, 1.82) is 0 Å². The van der Waals surface area contributed by atoms with E-state index in [0.717, 1.165) is 12.8 Å². The molecule has 0 unspecified atom stereocenters. The average Bonchev–Trinajstić information content (AvgIpc) is 2.70. The predicted octanol–water partition coefficient (Wildman–Crippen LogP) is 7.73. The van der Waals surface area contributed by atoms with Gasteiger partial charge in [-0.15, -0.1) is 6.58 Å². The average molecular weight is 409 g/mol. The Balaban J connectivity index is 3.16. The van der Waals surface area contributed by atoms with Gasteiger partial charge in [0.25, 0.3) is 0 Å². The van der Waals surface area contributed by atoms with Crippen LogP contribution in [0.25, 0.3) is 0 Å². The van der Waals surface area contributed by atoms with Crippen LogP contribution in [0.5, 0.6) is 0 Å². The lowest BCUT2D eigenvalue weighted by Gasteiger charge is -2.03. The van der Waals surface area contributed by atoms with Crippen molar-refractivity contribution in [1.82, 2.24) is 0 Å². The van der Waals surface area contributed by atoms with Crippen molar-refractivity contribution < 1.29 is 19.4 Å². The SMILES string of the molecule is C=CCCCCCCCCCCCCCCCCCC=COC(=O)CCC(=O)O. The van der Waals surface area contributed by atoms with Crippen LogP contribution in [0.1, 0.15) is 122 Å². The molecule has 0 rings (SSSR count). The maximum atomic E-state index is 11.2. The Morgan fingerprint density at radius 2 is 1.07 bits per heavy atom. The van der Waals surface area contributed by atoms with E-state index < -0.39 is 11.9 Å². The van der Waals surface area contributed by atoms with E-state index in [9.17, 15) is 9.59 Å². The van der Waals surface area contributed by atoms with E-state index in [4.69, 9.17) is 9.84 Å². The second-order valence-electron chi connectivity index (χ2n) is 7.92. The van der Waals surface area contributed by atoms with Crippen LogP contribution >= 0.6 is 0 Å².